The van der Waals surface area contributed by atoms with Crippen LogP contribution in [0.2, 0.25) is 0 Å². The van der Waals surface area contributed by atoms with E-state index in [9.17, 15) is 13.2 Å². The molecule has 0 fully saturated rings. The van der Waals surface area contributed by atoms with Crippen LogP contribution < -0.4 is 5.32 Å². The largest absolute Gasteiger partial charge is 0.311 e. The molecule has 0 aliphatic rings. The Labute approximate surface area is 112 Å². The van der Waals surface area contributed by atoms with Crippen LogP contribution in [0.4, 0.5) is 13.2 Å². The molecular weight excluding hydrogens is 275 g/mol. The molecule has 2 aromatic rings. The highest BCUT2D eigenvalue weighted by atomic mass is 32.1. The van der Waals surface area contributed by atoms with E-state index in [0.717, 1.165) is 23.8 Å². The summed E-state index contributed by atoms with van der Waals surface area (Å²) in [4.78, 5) is 0. The van der Waals surface area contributed by atoms with Gasteiger partial charge >= 0.3 is 0 Å². The molecule has 1 aromatic heterocycles. The second-order valence-electron chi connectivity index (χ2n) is 3.92. The standard InChI is InChI=1S/C12H12F3N3S/c1-3-8(16-2)12-18-17-11(19-12)6-4-5-7(13)10(15)9(6)14/h4-5,8,16H,3H2,1-2H3. The minimum Gasteiger partial charge on any atom is -0.311 e. The van der Waals surface area contributed by atoms with Crippen molar-refractivity contribution >= 4 is 11.3 Å². The Morgan fingerprint density at radius 3 is 2.58 bits per heavy atom. The number of rotatable bonds is 4. The smallest absolute Gasteiger partial charge is 0.195 e. The van der Waals surface area contributed by atoms with E-state index in [1.165, 1.54) is 6.07 Å². The fraction of sp³-hybridized carbons (Fsp3) is 0.333. The van der Waals surface area contributed by atoms with Gasteiger partial charge in [-0.25, -0.2) is 13.2 Å². The van der Waals surface area contributed by atoms with Crippen molar-refractivity contribution in [3.63, 3.8) is 0 Å². The van der Waals surface area contributed by atoms with E-state index in [2.05, 4.69) is 15.5 Å². The molecule has 0 spiro atoms. The Balaban J connectivity index is 2.41. The van der Waals surface area contributed by atoms with Gasteiger partial charge in [0.2, 0.25) is 0 Å². The predicted molar refractivity (Wildman–Crippen MR) is 67.3 cm³/mol. The van der Waals surface area contributed by atoms with Gasteiger partial charge in [0.05, 0.1) is 11.6 Å². The van der Waals surface area contributed by atoms with Crippen molar-refractivity contribution in [1.29, 1.82) is 0 Å². The highest BCUT2D eigenvalue weighted by molar-refractivity contribution is 7.14. The topological polar surface area (TPSA) is 37.8 Å². The summed E-state index contributed by atoms with van der Waals surface area (Å²) in [5.41, 5.74) is -0.0754. The second-order valence-corrected chi connectivity index (χ2v) is 4.93. The van der Waals surface area contributed by atoms with Crippen LogP contribution in [0.1, 0.15) is 24.4 Å². The molecule has 1 atom stereocenters. The van der Waals surface area contributed by atoms with Crippen LogP contribution in [0.3, 0.4) is 0 Å². The van der Waals surface area contributed by atoms with Crippen LogP contribution in [0.5, 0.6) is 0 Å². The zero-order valence-electron chi connectivity index (χ0n) is 10.4. The van der Waals surface area contributed by atoms with Gasteiger partial charge in [0.1, 0.15) is 5.01 Å². The van der Waals surface area contributed by atoms with Crippen molar-refractivity contribution in [3.05, 3.63) is 34.6 Å². The molecule has 0 saturated heterocycles. The maximum absolute atomic E-state index is 13.6. The number of aromatic nitrogens is 2. The summed E-state index contributed by atoms with van der Waals surface area (Å²) in [6, 6.07) is 2.06. The molecular formula is C12H12F3N3S. The minimum absolute atomic E-state index is 0.0135. The summed E-state index contributed by atoms with van der Waals surface area (Å²) in [7, 11) is 1.79. The van der Waals surface area contributed by atoms with Crippen LogP contribution in [-0.2, 0) is 0 Å². The number of nitrogens with zero attached hydrogens (tertiary/aromatic N) is 2. The van der Waals surface area contributed by atoms with Crippen molar-refractivity contribution < 1.29 is 13.2 Å². The molecule has 0 bridgehead atoms. The van der Waals surface area contributed by atoms with Gasteiger partial charge < -0.3 is 5.32 Å². The lowest BCUT2D eigenvalue weighted by Crippen LogP contribution is -2.14. The number of hydrogen-bond donors (Lipinski definition) is 1. The van der Waals surface area contributed by atoms with Gasteiger partial charge in [-0.15, -0.1) is 10.2 Å². The average molecular weight is 287 g/mol. The molecule has 0 radical (unpaired) electrons. The first kappa shape index (κ1) is 14.0. The molecule has 2 rings (SSSR count). The van der Waals surface area contributed by atoms with Crippen LogP contribution >= 0.6 is 11.3 Å². The van der Waals surface area contributed by atoms with E-state index < -0.39 is 17.5 Å². The Morgan fingerprint density at radius 2 is 1.95 bits per heavy atom. The van der Waals surface area contributed by atoms with E-state index >= 15 is 0 Å². The zero-order valence-corrected chi connectivity index (χ0v) is 11.2. The molecule has 102 valence electrons. The SMILES string of the molecule is CCC(NC)c1nnc(-c2ccc(F)c(F)c2F)s1. The summed E-state index contributed by atoms with van der Waals surface area (Å²) >= 11 is 1.16. The normalized spacial score (nSPS) is 12.7. The predicted octanol–water partition coefficient (Wildman–Crippen LogP) is 3.29. The average Bonchev–Trinajstić information content (AvgIpc) is 2.87. The Hall–Kier alpha value is -1.47. The number of hydrogen-bond acceptors (Lipinski definition) is 4. The van der Waals surface area contributed by atoms with Gasteiger partial charge in [0, 0.05) is 0 Å². The maximum Gasteiger partial charge on any atom is 0.195 e. The van der Waals surface area contributed by atoms with Gasteiger partial charge in [-0.05, 0) is 25.6 Å². The lowest BCUT2D eigenvalue weighted by atomic mass is 10.2. The fourth-order valence-electron chi connectivity index (χ4n) is 1.68. The minimum atomic E-state index is -1.49. The number of halogens is 3. The Kier molecular flexibility index (Phi) is 4.16. The first-order valence-corrected chi connectivity index (χ1v) is 6.54. The van der Waals surface area contributed by atoms with Gasteiger partial charge in [-0.1, -0.05) is 18.3 Å². The summed E-state index contributed by atoms with van der Waals surface area (Å²) in [6.07, 6.45) is 0.797. The van der Waals surface area contributed by atoms with Gasteiger partial charge in [-0.3, -0.25) is 0 Å². The molecule has 1 N–H and O–H groups in total. The maximum atomic E-state index is 13.6. The Morgan fingerprint density at radius 1 is 1.21 bits per heavy atom. The van der Waals surface area contributed by atoms with E-state index in [4.69, 9.17) is 0 Å². The van der Waals surface area contributed by atoms with E-state index in [0.29, 0.717) is 5.01 Å². The van der Waals surface area contributed by atoms with E-state index in [1.54, 1.807) is 7.05 Å². The van der Waals surface area contributed by atoms with Crippen molar-refractivity contribution in [3.8, 4) is 10.6 Å². The van der Waals surface area contributed by atoms with Crippen LogP contribution in [-0.4, -0.2) is 17.2 Å². The zero-order chi connectivity index (χ0) is 14.0. The van der Waals surface area contributed by atoms with Crippen molar-refractivity contribution in [2.24, 2.45) is 0 Å². The van der Waals surface area contributed by atoms with Crippen molar-refractivity contribution in [2.75, 3.05) is 7.05 Å². The molecule has 0 amide bonds. The molecule has 7 heteroatoms. The van der Waals surface area contributed by atoms with E-state index in [1.807, 2.05) is 6.92 Å². The first-order chi connectivity index (χ1) is 9.08. The summed E-state index contributed by atoms with van der Waals surface area (Å²) in [6.45, 7) is 1.97. The lowest BCUT2D eigenvalue weighted by molar-refractivity contribution is 0.449. The molecule has 0 saturated carbocycles. The summed E-state index contributed by atoms with van der Waals surface area (Å²) in [5.74, 6) is -3.94. The van der Waals surface area contributed by atoms with Crippen molar-refractivity contribution in [1.82, 2.24) is 15.5 Å². The summed E-state index contributed by atoms with van der Waals surface area (Å²) in [5, 5.41) is 11.8. The molecule has 0 aliphatic heterocycles. The molecule has 0 aliphatic carbocycles. The van der Waals surface area contributed by atoms with Crippen LogP contribution in [0.25, 0.3) is 10.6 Å². The Bertz CT molecular complexity index is 582. The fourth-order valence-corrected chi connectivity index (χ4v) is 2.73. The van der Waals surface area contributed by atoms with Crippen molar-refractivity contribution in [2.45, 2.75) is 19.4 Å². The van der Waals surface area contributed by atoms with Gasteiger partial charge in [0.25, 0.3) is 0 Å². The third-order valence-electron chi connectivity index (χ3n) is 2.76. The van der Waals surface area contributed by atoms with Gasteiger partial charge in [-0.2, -0.15) is 0 Å². The third kappa shape index (κ3) is 2.62. The molecule has 1 heterocycles. The molecule has 1 aromatic carbocycles. The molecule has 19 heavy (non-hydrogen) atoms. The second kappa shape index (κ2) is 5.66. The molecule has 3 nitrogen and oxygen atoms in total. The lowest BCUT2D eigenvalue weighted by Gasteiger charge is -2.08. The highest BCUT2D eigenvalue weighted by Gasteiger charge is 2.19. The van der Waals surface area contributed by atoms with Crippen LogP contribution in [0.15, 0.2) is 12.1 Å². The highest BCUT2D eigenvalue weighted by Crippen LogP contribution is 2.31. The number of benzene rings is 1. The van der Waals surface area contributed by atoms with E-state index in [-0.39, 0.29) is 16.6 Å². The third-order valence-corrected chi connectivity index (χ3v) is 3.83. The van der Waals surface area contributed by atoms with Gasteiger partial charge in [0.15, 0.2) is 22.5 Å². The summed E-state index contributed by atoms with van der Waals surface area (Å²) < 4.78 is 39.7. The number of nitrogens with one attached hydrogen (secondary N) is 1. The monoisotopic (exact) mass is 287 g/mol. The van der Waals surface area contributed by atoms with Crippen LogP contribution in [0, 0.1) is 17.5 Å². The quantitative estimate of drug-likeness (QED) is 0.877. The molecule has 1 unspecified atom stereocenters. The first-order valence-electron chi connectivity index (χ1n) is 5.73.